The Kier molecular flexibility index (Phi) is 10.1. The average molecular weight is 444 g/mol. The summed E-state index contributed by atoms with van der Waals surface area (Å²) in [6.45, 7) is 5.61. The van der Waals surface area contributed by atoms with E-state index in [1.165, 1.54) is 18.4 Å². The second-order valence-electron chi connectivity index (χ2n) is 7.40. The molecule has 0 radical (unpaired) electrons. The molecule has 0 spiro atoms. The first-order valence-electron chi connectivity index (χ1n) is 10.3. The van der Waals surface area contributed by atoms with Gasteiger partial charge in [-0.05, 0) is 43.8 Å². The lowest BCUT2D eigenvalue weighted by atomic mass is 9.93. The molecule has 1 aliphatic rings. The number of hydrogen-bond donors (Lipinski definition) is 3. The Bertz CT molecular complexity index is 888. The van der Waals surface area contributed by atoms with E-state index in [0.29, 0.717) is 30.5 Å². The van der Waals surface area contributed by atoms with Crippen LogP contribution in [0.3, 0.4) is 0 Å². The zero-order valence-corrected chi connectivity index (χ0v) is 17.9. The molecule has 2 aromatic rings. The van der Waals surface area contributed by atoms with Crippen molar-refractivity contribution in [1.29, 1.82) is 0 Å². The number of hydrogen-bond acceptors (Lipinski definition) is 7. The van der Waals surface area contributed by atoms with Crippen molar-refractivity contribution in [2.45, 2.75) is 32.7 Å². The molecule has 0 atom stereocenters. The van der Waals surface area contributed by atoms with E-state index < -0.39 is 11.9 Å². The lowest BCUT2D eigenvalue weighted by Gasteiger charge is -2.32. The van der Waals surface area contributed by atoms with Crippen molar-refractivity contribution in [3.8, 4) is 0 Å². The van der Waals surface area contributed by atoms with E-state index in [1.54, 1.807) is 6.92 Å². The maximum absolute atomic E-state index is 11.9. The number of aliphatic carboxylic acids is 2. The highest BCUT2D eigenvalue weighted by atomic mass is 16.5. The Hall–Kier alpha value is -3.53. The van der Waals surface area contributed by atoms with E-state index in [-0.39, 0.29) is 11.7 Å². The highest BCUT2D eigenvalue weighted by Crippen LogP contribution is 2.21. The quantitative estimate of drug-likeness (QED) is 0.521. The Labute approximate surface area is 185 Å². The van der Waals surface area contributed by atoms with Crippen molar-refractivity contribution < 1.29 is 29.1 Å². The van der Waals surface area contributed by atoms with Crippen LogP contribution in [0.2, 0.25) is 0 Å². The molecule has 32 heavy (non-hydrogen) atoms. The van der Waals surface area contributed by atoms with Crippen molar-refractivity contribution >= 4 is 17.8 Å². The van der Waals surface area contributed by atoms with Crippen LogP contribution < -0.4 is 5.32 Å². The maximum Gasteiger partial charge on any atom is 0.328 e. The van der Waals surface area contributed by atoms with Gasteiger partial charge in [-0.2, -0.15) is 4.98 Å². The second kappa shape index (κ2) is 13.0. The second-order valence-corrected chi connectivity index (χ2v) is 7.40. The molecule has 172 valence electrons. The monoisotopic (exact) mass is 444 g/mol. The molecule has 3 N–H and O–H groups in total. The van der Waals surface area contributed by atoms with E-state index in [4.69, 9.17) is 14.7 Å². The molecular weight excluding hydrogens is 416 g/mol. The number of carboxylic acid groups (broad SMARTS) is 2. The van der Waals surface area contributed by atoms with Crippen LogP contribution in [-0.4, -0.2) is 62.7 Å². The fourth-order valence-electron chi connectivity index (χ4n) is 3.28. The van der Waals surface area contributed by atoms with E-state index in [2.05, 4.69) is 50.7 Å². The van der Waals surface area contributed by atoms with Gasteiger partial charge in [0.1, 0.15) is 0 Å². The molecule has 0 unspecified atom stereocenters. The number of amides is 1. The summed E-state index contributed by atoms with van der Waals surface area (Å²) in [7, 11) is 0. The molecule has 3 rings (SSSR count). The molecule has 2 heterocycles. The molecule has 0 bridgehead atoms. The van der Waals surface area contributed by atoms with Crippen molar-refractivity contribution in [1.82, 2.24) is 20.4 Å². The van der Waals surface area contributed by atoms with Gasteiger partial charge in [0.25, 0.3) is 11.7 Å². The summed E-state index contributed by atoms with van der Waals surface area (Å²) in [4.78, 5) is 37.4. The van der Waals surface area contributed by atoms with Gasteiger partial charge >= 0.3 is 11.9 Å². The predicted octanol–water partition coefficient (Wildman–Crippen LogP) is 2.12. The molecule has 1 aromatic heterocycles. The molecule has 1 fully saturated rings. The third-order valence-electron chi connectivity index (χ3n) is 4.89. The van der Waals surface area contributed by atoms with Gasteiger partial charge in [0.15, 0.2) is 0 Å². The van der Waals surface area contributed by atoms with Crippen molar-refractivity contribution in [2.75, 3.05) is 19.6 Å². The van der Waals surface area contributed by atoms with Gasteiger partial charge in [0.05, 0.1) is 0 Å². The predicted molar refractivity (Wildman–Crippen MR) is 115 cm³/mol. The van der Waals surface area contributed by atoms with E-state index in [9.17, 15) is 14.4 Å². The fraction of sp³-hybridized carbons (Fsp3) is 0.409. The summed E-state index contributed by atoms with van der Waals surface area (Å²) in [6.07, 6.45) is 4.49. The summed E-state index contributed by atoms with van der Waals surface area (Å²) in [5.41, 5.74) is 1.37. The number of piperidine rings is 1. The van der Waals surface area contributed by atoms with Gasteiger partial charge in [0.2, 0.25) is 5.89 Å². The minimum absolute atomic E-state index is 0.116. The maximum atomic E-state index is 11.9. The van der Waals surface area contributed by atoms with Gasteiger partial charge in [-0.25, -0.2) is 9.59 Å². The third kappa shape index (κ3) is 9.52. The van der Waals surface area contributed by atoms with Crippen LogP contribution in [0.25, 0.3) is 0 Å². The Balaban J connectivity index is 0.000000390. The molecule has 1 amide bonds. The van der Waals surface area contributed by atoms with Crippen LogP contribution in [0.5, 0.6) is 0 Å². The lowest BCUT2D eigenvalue weighted by Crippen LogP contribution is -2.35. The molecule has 10 heteroatoms. The van der Waals surface area contributed by atoms with Crippen LogP contribution in [0.4, 0.5) is 0 Å². The minimum atomic E-state index is -1.26. The summed E-state index contributed by atoms with van der Waals surface area (Å²) < 4.78 is 4.82. The number of rotatable bonds is 8. The Morgan fingerprint density at radius 1 is 1.12 bits per heavy atom. The number of benzene rings is 1. The molecule has 10 nitrogen and oxygen atoms in total. The smallest absolute Gasteiger partial charge is 0.328 e. The van der Waals surface area contributed by atoms with Crippen LogP contribution in [-0.2, 0) is 16.1 Å². The number of carbonyl (C=O) groups is 3. The number of aryl methyl sites for hydroxylation is 1. The highest BCUT2D eigenvalue weighted by Gasteiger charge is 2.20. The topological polar surface area (TPSA) is 146 Å². The van der Waals surface area contributed by atoms with E-state index >= 15 is 0 Å². The minimum Gasteiger partial charge on any atom is -0.478 e. The number of aromatic nitrogens is 2. The molecular formula is C22H28N4O6. The average Bonchev–Trinajstić information content (AvgIpc) is 3.21. The highest BCUT2D eigenvalue weighted by molar-refractivity contribution is 5.90. The number of likely N-dealkylation sites (tertiary alicyclic amines) is 1. The zero-order chi connectivity index (χ0) is 23.3. The third-order valence-corrected chi connectivity index (χ3v) is 4.89. The van der Waals surface area contributed by atoms with Crippen LogP contribution in [0.15, 0.2) is 47.0 Å². The zero-order valence-electron chi connectivity index (χ0n) is 17.9. The number of nitrogens with zero attached hydrogens (tertiary/aromatic N) is 3. The molecule has 1 aromatic carbocycles. The lowest BCUT2D eigenvalue weighted by molar-refractivity contribution is -0.134. The van der Waals surface area contributed by atoms with Crippen LogP contribution in [0.1, 0.15) is 41.3 Å². The first-order valence-corrected chi connectivity index (χ1v) is 10.3. The summed E-state index contributed by atoms with van der Waals surface area (Å²) in [5.74, 6) is -1.58. The Morgan fingerprint density at radius 3 is 2.28 bits per heavy atom. The standard InChI is InChI=1S/C18H24N4O2.C4H4O4/c1-14-20-17(21-24-14)18(23)19-10-7-15-8-11-22(12-9-15)13-16-5-3-2-4-6-16;5-3(6)1-2-4(7)8/h2-6,15H,7-13H2,1H3,(H,19,23);1-2H,(H,5,6)(H,7,8). The molecule has 1 aliphatic heterocycles. The summed E-state index contributed by atoms with van der Waals surface area (Å²) in [5, 5.41) is 22.1. The number of carbonyl (C=O) groups excluding carboxylic acids is 1. The molecule has 1 saturated heterocycles. The summed E-state index contributed by atoms with van der Waals surface area (Å²) >= 11 is 0. The largest absolute Gasteiger partial charge is 0.478 e. The van der Waals surface area contributed by atoms with Gasteiger partial charge in [-0.3, -0.25) is 9.69 Å². The first-order chi connectivity index (χ1) is 15.3. The van der Waals surface area contributed by atoms with Crippen LogP contribution >= 0.6 is 0 Å². The van der Waals surface area contributed by atoms with Crippen LogP contribution in [0, 0.1) is 12.8 Å². The van der Waals surface area contributed by atoms with Crippen molar-refractivity contribution in [3.05, 3.63) is 59.8 Å². The van der Waals surface area contributed by atoms with Crippen molar-refractivity contribution in [3.63, 3.8) is 0 Å². The first kappa shape index (κ1) is 24.7. The normalized spacial score (nSPS) is 14.5. The number of carboxylic acids is 2. The van der Waals surface area contributed by atoms with Crippen molar-refractivity contribution in [2.24, 2.45) is 5.92 Å². The number of nitrogens with one attached hydrogen (secondary N) is 1. The fourth-order valence-corrected chi connectivity index (χ4v) is 3.28. The molecule has 0 saturated carbocycles. The van der Waals surface area contributed by atoms with E-state index in [1.807, 2.05) is 0 Å². The van der Waals surface area contributed by atoms with E-state index in [0.717, 1.165) is 26.1 Å². The van der Waals surface area contributed by atoms with Gasteiger partial charge in [-0.15, -0.1) is 0 Å². The SMILES string of the molecule is Cc1nc(C(=O)NCCC2CCN(Cc3ccccc3)CC2)no1.O=C(O)C=CC(=O)O. The van der Waals surface area contributed by atoms with Gasteiger partial charge in [-0.1, -0.05) is 35.5 Å². The molecule has 0 aliphatic carbocycles. The summed E-state index contributed by atoms with van der Waals surface area (Å²) in [6, 6.07) is 10.6. The Morgan fingerprint density at radius 2 is 1.75 bits per heavy atom. The van der Waals surface area contributed by atoms with Gasteiger partial charge < -0.3 is 20.1 Å². The van der Waals surface area contributed by atoms with Gasteiger partial charge in [0, 0.05) is 32.2 Å².